The molecule has 0 aliphatic rings. The molecule has 0 unspecified atom stereocenters. The first kappa shape index (κ1) is 9.89. The van der Waals surface area contributed by atoms with E-state index in [1.165, 1.54) is 0 Å². The van der Waals surface area contributed by atoms with E-state index in [1.54, 1.807) is 10.9 Å². The summed E-state index contributed by atoms with van der Waals surface area (Å²) in [7, 11) is 0. The van der Waals surface area contributed by atoms with Crippen LogP contribution in [-0.4, -0.2) is 26.2 Å². The predicted molar refractivity (Wildman–Crippen MR) is 54.3 cm³/mol. The van der Waals surface area contributed by atoms with Crippen LogP contribution in [0.25, 0.3) is 0 Å². The van der Waals surface area contributed by atoms with Crippen LogP contribution in [0.4, 0.5) is 4.39 Å². The topological polar surface area (TPSA) is 35.6 Å². The van der Waals surface area contributed by atoms with E-state index in [1.807, 2.05) is 30.1 Å². The molecule has 0 spiro atoms. The molecule has 2 aromatic heterocycles. The highest BCUT2D eigenvalue weighted by Crippen LogP contribution is 2.02. The third kappa shape index (κ3) is 2.43. The summed E-state index contributed by atoms with van der Waals surface area (Å²) in [6.07, 6.45) is 5.51. The third-order valence-electron chi connectivity index (χ3n) is 2.12. The zero-order valence-corrected chi connectivity index (χ0v) is 8.60. The molecule has 0 aliphatic heterocycles. The van der Waals surface area contributed by atoms with Gasteiger partial charge in [-0.15, -0.1) is 0 Å². The summed E-state index contributed by atoms with van der Waals surface area (Å²) < 4.78 is 15.5. The number of halogens is 1. The van der Waals surface area contributed by atoms with Crippen LogP contribution in [-0.2, 0) is 13.1 Å². The van der Waals surface area contributed by atoms with E-state index >= 15 is 0 Å². The number of nitrogens with zero attached hydrogens (tertiary/aromatic N) is 4. The summed E-state index contributed by atoms with van der Waals surface area (Å²) in [6.45, 7) is 2.56. The van der Waals surface area contributed by atoms with Crippen molar-refractivity contribution in [1.82, 2.24) is 19.6 Å². The molecule has 0 N–H and O–H groups in total. The SMILES string of the molecule is Cc1ccn(Cc2cnn(CCF)c2)n1. The predicted octanol–water partition coefficient (Wildman–Crippen LogP) is 1.41. The van der Waals surface area contributed by atoms with Crippen molar-refractivity contribution in [1.29, 1.82) is 0 Å². The molecule has 2 rings (SSSR count). The van der Waals surface area contributed by atoms with Crippen LogP contribution in [0.3, 0.4) is 0 Å². The summed E-state index contributed by atoms with van der Waals surface area (Å²) in [4.78, 5) is 0. The zero-order valence-electron chi connectivity index (χ0n) is 8.60. The Morgan fingerprint density at radius 3 is 2.93 bits per heavy atom. The van der Waals surface area contributed by atoms with E-state index in [0.29, 0.717) is 13.1 Å². The van der Waals surface area contributed by atoms with Gasteiger partial charge in [0.1, 0.15) is 6.67 Å². The Morgan fingerprint density at radius 2 is 2.27 bits per heavy atom. The van der Waals surface area contributed by atoms with Gasteiger partial charge in [0, 0.05) is 18.0 Å². The Morgan fingerprint density at radius 1 is 1.40 bits per heavy atom. The van der Waals surface area contributed by atoms with Crippen molar-refractivity contribution in [3.63, 3.8) is 0 Å². The molecule has 0 bridgehead atoms. The van der Waals surface area contributed by atoms with Crippen LogP contribution in [0.2, 0.25) is 0 Å². The van der Waals surface area contributed by atoms with Gasteiger partial charge in [-0.1, -0.05) is 0 Å². The van der Waals surface area contributed by atoms with E-state index in [0.717, 1.165) is 11.3 Å². The second kappa shape index (κ2) is 4.25. The van der Waals surface area contributed by atoms with Crippen LogP contribution >= 0.6 is 0 Å². The van der Waals surface area contributed by atoms with Crippen LogP contribution in [0, 0.1) is 6.92 Å². The molecule has 80 valence electrons. The van der Waals surface area contributed by atoms with Crippen molar-refractivity contribution in [2.24, 2.45) is 0 Å². The molecular formula is C10H13FN4. The Kier molecular flexibility index (Phi) is 2.80. The summed E-state index contributed by atoms with van der Waals surface area (Å²) >= 11 is 0. The van der Waals surface area contributed by atoms with Gasteiger partial charge in [-0.25, -0.2) is 4.39 Å². The lowest BCUT2D eigenvalue weighted by Crippen LogP contribution is -2.01. The van der Waals surface area contributed by atoms with Crippen molar-refractivity contribution in [3.8, 4) is 0 Å². The van der Waals surface area contributed by atoms with Gasteiger partial charge in [-0.2, -0.15) is 10.2 Å². The van der Waals surface area contributed by atoms with E-state index in [9.17, 15) is 4.39 Å². The molecule has 0 saturated carbocycles. The molecule has 0 saturated heterocycles. The van der Waals surface area contributed by atoms with Crippen molar-refractivity contribution in [2.45, 2.75) is 20.0 Å². The molecule has 2 aromatic rings. The summed E-state index contributed by atoms with van der Waals surface area (Å²) in [5.74, 6) is 0. The number of rotatable bonds is 4. The van der Waals surface area contributed by atoms with Crippen molar-refractivity contribution < 1.29 is 4.39 Å². The van der Waals surface area contributed by atoms with Gasteiger partial charge in [-0.3, -0.25) is 9.36 Å². The maximum atomic E-state index is 12.0. The molecule has 0 amide bonds. The lowest BCUT2D eigenvalue weighted by Gasteiger charge is -1.97. The highest BCUT2D eigenvalue weighted by Gasteiger charge is 2.00. The molecular weight excluding hydrogens is 195 g/mol. The van der Waals surface area contributed by atoms with Crippen LogP contribution < -0.4 is 0 Å². The summed E-state index contributed by atoms with van der Waals surface area (Å²) in [5.41, 5.74) is 2.03. The Balaban J connectivity index is 2.04. The quantitative estimate of drug-likeness (QED) is 0.761. The normalized spacial score (nSPS) is 10.8. The first-order valence-electron chi connectivity index (χ1n) is 4.85. The van der Waals surface area contributed by atoms with Gasteiger partial charge in [0.2, 0.25) is 0 Å². The number of alkyl halides is 1. The average Bonchev–Trinajstić information content (AvgIpc) is 2.78. The highest BCUT2D eigenvalue weighted by molar-refractivity contribution is 5.05. The first-order valence-corrected chi connectivity index (χ1v) is 4.85. The molecule has 0 fully saturated rings. The largest absolute Gasteiger partial charge is 0.270 e. The number of aryl methyl sites for hydroxylation is 2. The van der Waals surface area contributed by atoms with Gasteiger partial charge < -0.3 is 0 Å². The number of hydrogen-bond donors (Lipinski definition) is 0. The second-order valence-corrected chi connectivity index (χ2v) is 3.46. The summed E-state index contributed by atoms with van der Waals surface area (Å²) in [6, 6.07) is 1.95. The minimum Gasteiger partial charge on any atom is -0.270 e. The Hall–Kier alpha value is -1.65. The minimum absolute atomic E-state index is 0.318. The fourth-order valence-electron chi connectivity index (χ4n) is 1.44. The van der Waals surface area contributed by atoms with Crippen LogP contribution in [0.15, 0.2) is 24.7 Å². The number of hydrogen-bond acceptors (Lipinski definition) is 2. The Labute approximate surface area is 87.3 Å². The standard InChI is InChI=1S/C10H13FN4/c1-9-2-4-15(13-9)8-10-6-12-14(7-10)5-3-11/h2,4,6-7H,3,5,8H2,1H3. The van der Waals surface area contributed by atoms with Crippen LogP contribution in [0.1, 0.15) is 11.3 Å². The molecule has 0 aliphatic carbocycles. The van der Waals surface area contributed by atoms with Crippen molar-refractivity contribution in [2.75, 3.05) is 6.67 Å². The zero-order chi connectivity index (χ0) is 10.7. The smallest absolute Gasteiger partial charge is 0.109 e. The molecule has 4 nitrogen and oxygen atoms in total. The van der Waals surface area contributed by atoms with Gasteiger partial charge in [0.15, 0.2) is 0 Å². The fraction of sp³-hybridized carbons (Fsp3) is 0.400. The Bertz CT molecular complexity index is 432. The molecule has 0 aromatic carbocycles. The lowest BCUT2D eigenvalue weighted by molar-refractivity contribution is 0.427. The minimum atomic E-state index is -0.387. The van der Waals surface area contributed by atoms with E-state index in [4.69, 9.17) is 0 Å². The number of aromatic nitrogens is 4. The van der Waals surface area contributed by atoms with Gasteiger partial charge in [0.25, 0.3) is 0 Å². The maximum Gasteiger partial charge on any atom is 0.109 e. The maximum absolute atomic E-state index is 12.0. The van der Waals surface area contributed by atoms with Crippen LogP contribution in [0.5, 0.6) is 0 Å². The first-order chi connectivity index (χ1) is 7.28. The molecule has 0 radical (unpaired) electrons. The van der Waals surface area contributed by atoms with E-state index in [2.05, 4.69) is 10.2 Å². The lowest BCUT2D eigenvalue weighted by atomic mass is 10.4. The third-order valence-corrected chi connectivity index (χ3v) is 2.12. The molecule has 0 atom stereocenters. The van der Waals surface area contributed by atoms with Crippen molar-refractivity contribution >= 4 is 0 Å². The van der Waals surface area contributed by atoms with Crippen molar-refractivity contribution in [3.05, 3.63) is 35.9 Å². The molecule has 5 heteroatoms. The monoisotopic (exact) mass is 208 g/mol. The molecule has 15 heavy (non-hydrogen) atoms. The van der Waals surface area contributed by atoms with Gasteiger partial charge in [-0.05, 0) is 13.0 Å². The molecule has 2 heterocycles. The van der Waals surface area contributed by atoms with Gasteiger partial charge >= 0.3 is 0 Å². The van der Waals surface area contributed by atoms with E-state index in [-0.39, 0.29) is 6.67 Å². The second-order valence-electron chi connectivity index (χ2n) is 3.46. The van der Waals surface area contributed by atoms with E-state index < -0.39 is 0 Å². The van der Waals surface area contributed by atoms with Gasteiger partial charge in [0.05, 0.1) is 25.0 Å². The average molecular weight is 208 g/mol. The summed E-state index contributed by atoms with van der Waals surface area (Å²) in [5, 5.41) is 8.31. The fourth-order valence-corrected chi connectivity index (χ4v) is 1.44. The highest BCUT2D eigenvalue weighted by atomic mass is 19.1.